The molecule has 1 aromatic heterocycles. The topological polar surface area (TPSA) is 73.6 Å². The highest BCUT2D eigenvalue weighted by atomic mass is 16.6. The monoisotopic (exact) mass is 364 g/mol. The lowest BCUT2D eigenvalue weighted by Crippen LogP contribution is -2.40. The van der Waals surface area contributed by atoms with Crippen molar-refractivity contribution in [3.05, 3.63) is 66.7 Å². The molecular formula is C21H20N2O4. The molecule has 0 aliphatic carbocycles. The van der Waals surface area contributed by atoms with Gasteiger partial charge in [-0.1, -0.05) is 42.5 Å². The molecule has 138 valence electrons. The Labute approximate surface area is 157 Å². The van der Waals surface area contributed by atoms with Gasteiger partial charge < -0.3 is 19.2 Å². The molecule has 0 unspecified atom stereocenters. The van der Waals surface area contributed by atoms with Gasteiger partial charge in [-0.2, -0.15) is 0 Å². The molecule has 1 amide bonds. The maximum atomic E-state index is 12.1. The van der Waals surface area contributed by atoms with Crippen molar-refractivity contribution in [3.63, 3.8) is 0 Å². The van der Waals surface area contributed by atoms with E-state index in [1.54, 1.807) is 6.20 Å². The summed E-state index contributed by atoms with van der Waals surface area (Å²) in [4.78, 5) is 16.4. The Morgan fingerprint density at radius 3 is 2.70 bits per heavy atom. The van der Waals surface area contributed by atoms with Crippen LogP contribution in [0.5, 0.6) is 11.5 Å². The van der Waals surface area contributed by atoms with Gasteiger partial charge in [0.2, 0.25) is 5.91 Å². The summed E-state index contributed by atoms with van der Waals surface area (Å²) in [6, 6.07) is 17.3. The van der Waals surface area contributed by atoms with Gasteiger partial charge in [0.15, 0.2) is 23.1 Å². The lowest BCUT2D eigenvalue weighted by atomic mass is 10.2. The number of para-hydroxylation sites is 2. The normalized spacial score (nSPS) is 15.3. The molecule has 3 aromatic rings. The highest BCUT2D eigenvalue weighted by Crippen LogP contribution is 2.30. The Morgan fingerprint density at radius 2 is 1.85 bits per heavy atom. The van der Waals surface area contributed by atoms with E-state index in [1.165, 1.54) is 0 Å². The Morgan fingerprint density at radius 1 is 1.07 bits per heavy atom. The first kappa shape index (κ1) is 17.1. The van der Waals surface area contributed by atoms with Gasteiger partial charge in [0, 0.05) is 18.4 Å². The zero-order chi connectivity index (χ0) is 18.5. The number of rotatable bonds is 6. The zero-order valence-electron chi connectivity index (χ0n) is 14.8. The second-order valence-corrected chi connectivity index (χ2v) is 6.29. The third-order valence-electron chi connectivity index (χ3n) is 4.27. The van der Waals surface area contributed by atoms with Crippen LogP contribution in [0.2, 0.25) is 0 Å². The van der Waals surface area contributed by atoms with E-state index in [2.05, 4.69) is 10.3 Å². The minimum absolute atomic E-state index is 0.0723. The number of hydrogen-bond acceptors (Lipinski definition) is 5. The fourth-order valence-electron chi connectivity index (χ4n) is 2.86. The van der Waals surface area contributed by atoms with E-state index < -0.39 is 0 Å². The van der Waals surface area contributed by atoms with Crippen LogP contribution in [0.4, 0.5) is 0 Å². The van der Waals surface area contributed by atoms with Crippen molar-refractivity contribution in [1.82, 2.24) is 10.3 Å². The summed E-state index contributed by atoms with van der Waals surface area (Å²) < 4.78 is 17.2. The minimum atomic E-state index is -0.199. The molecule has 0 radical (unpaired) electrons. The van der Waals surface area contributed by atoms with Gasteiger partial charge in [-0.3, -0.25) is 4.79 Å². The first-order chi connectivity index (χ1) is 13.3. The second kappa shape index (κ2) is 7.95. The van der Waals surface area contributed by atoms with Crippen LogP contribution in [-0.2, 0) is 11.2 Å². The van der Waals surface area contributed by atoms with E-state index in [-0.39, 0.29) is 12.0 Å². The lowest BCUT2D eigenvalue weighted by molar-refractivity contribution is -0.121. The van der Waals surface area contributed by atoms with Crippen LogP contribution in [0.15, 0.2) is 65.2 Å². The van der Waals surface area contributed by atoms with Crippen LogP contribution in [0.25, 0.3) is 11.3 Å². The highest BCUT2D eigenvalue weighted by Gasteiger charge is 2.21. The average molecular weight is 364 g/mol. The third-order valence-corrected chi connectivity index (χ3v) is 4.27. The summed E-state index contributed by atoms with van der Waals surface area (Å²) in [5.74, 6) is 2.62. The Bertz CT molecular complexity index is 907. The molecule has 2 aromatic carbocycles. The first-order valence-corrected chi connectivity index (χ1v) is 8.93. The summed E-state index contributed by atoms with van der Waals surface area (Å²) in [7, 11) is 0. The number of amides is 1. The van der Waals surface area contributed by atoms with Crippen LogP contribution in [0, 0.1) is 0 Å². The van der Waals surface area contributed by atoms with Crippen molar-refractivity contribution in [1.29, 1.82) is 0 Å². The van der Waals surface area contributed by atoms with Crippen LogP contribution < -0.4 is 14.8 Å². The standard InChI is InChI=1S/C21H20N2O4/c24-20(22-12-16-14-25-17-8-4-5-9-18(17)26-16)10-11-21-23-13-19(27-21)15-6-2-1-3-7-15/h1-9,13,16H,10-12,14H2,(H,22,24)/t16-/m1/s1. The smallest absolute Gasteiger partial charge is 0.220 e. The van der Waals surface area contributed by atoms with Gasteiger partial charge in [0.25, 0.3) is 0 Å². The number of hydrogen-bond donors (Lipinski definition) is 1. The summed E-state index contributed by atoms with van der Waals surface area (Å²) in [6.45, 7) is 0.811. The number of fused-ring (bicyclic) bond motifs is 1. The number of oxazole rings is 1. The number of nitrogens with one attached hydrogen (secondary N) is 1. The fourth-order valence-corrected chi connectivity index (χ4v) is 2.86. The van der Waals surface area contributed by atoms with E-state index in [4.69, 9.17) is 13.9 Å². The molecule has 4 rings (SSSR count). The van der Waals surface area contributed by atoms with Crippen molar-refractivity contribution in [2.24, 2.45) is 0 Å². The van der Waals surface area contributed by atoms with E-state index in [0.717, 1.165) is 11.3 Å². The Hall–Kier alpha value is -3.28. The summed E-state index contributed by atoms with van der Waals surface area (Å²) in [6.07, 6.45) is 2.24. The number of ether oxygens (including phenoxy) is 2. The molecule has 1 aliphatic rings. The number of aryl methyl sites for hydroxylation is 1. The molecule has 0 spiro atoms. The number of carbonyl (C=O) groups excluding carboxylic acids is 1. The predicted octanol–water partition coefficient (Wildman–Crippen LogP) is 3.23. The maximum Gasteiger partial charge on any atom is 0.220 e. The summed E-state index contributed by atoms with van der Waals surface area (Å²) in [5.41, 5.74) is 0.968. The molecule has 6 nitrogen and oxygen atoms in total. The predicted molar refractivity (Wildman–Crippen MR) is 99.6 cm³/mol. The van der Waals surface area contributed by atoms with Crippen molar-refractivity contribution >= 4 is 5.91 Å². The average Bonchev–Trinajstić information content (AvgIpc) is 3.20. The van der Waals surface area contributed by atoms with Crippen LogP contribution in [0.1, 0.15) is 12.3 Å². The highest BCUT2D eigenvalue weighted by molar-refractivity contribution is 5.76. The molecule has 1 atom stereocenters. The maximum absolute atomic E-state index is 12.1. The van der Waals surface area contributed by atoms with Crippen LogP contribution in [0.3, 0.4) is 0 Å². The SMILES string of the molecule is O=C(CCc1ncc(-c2ccccc2)o1)NC[C@@H]1COc2ccccc2O1. The molecule has 0 bridgehead atoms. The molecule has 1 aliphatic heterocycles. The van der Waals surface area contributed by atoms with E-state index in [9.17, 15) is 4.79 Å². The largest absolute Gasteiger partial charge is 0.486 e. The van der Waals surface area contributed by atoms with Gasteiger partial charge in [0.05, 0.1) is 12.7 Å². The molecule has 0 saturated heterocycles. The second-order valence-electron chi connectivity index (χ2n) is 6.29. The number of benzene rings is 2. The first-order valence-electron chi connectivity index (χ1n) is 8.93. The fraction of sp³-hybridized carbons (Fsp3) is 0.238. The van der Waals surface area contributed by atoms with Gasteiger partial charge in [-0.25, -0.2) is 4.98 Å². The third kappa shape index (κ3) is 4.28. The van der Waals surface area contributed by atoms with E-state index in [0.29, 0.717) is 43.4 Å². The van der Waals surface area contributed by atoms with Crippen molar-refractivity contribution in [2.75, 3.05) is 13.2 Å². The van der Waals surface area contributed by atoms with Crippen molar-refractivity contribution < 1.29 is 18.7 Å². The Balaban J connectivity index is 1.23. The molecule has 0 fully saturated rings. The molecule has 6 heteroatoms. The molecule has 0 saturated carbocycles. The molecule has 27 heavy (non-hydrogen) atoms. The van der Waals surface area contributed by atoms with Crippen LogP contribution >= 0.6 is 0 Å². The van der Waals surface area contributed by atoms with E-state index in [1.807, 2.05) is 54.6 Å². The van der Waals surface area contributed by atoms with Gasteiger partial charge in [-0.15, -0.1) is 0 Å². The van der Waals surface area contributed by atoms with Gasteiger partial charge >= 0.3 is 0 Å². The molecular weight excluding hydrogens is 344 g/mol. The quantitative estimate of drug-likeness (QED) is 0.727. The van der Waals surface area contributed by atoms with E-state index >= 15 is 0 Å². The lowest BCUT2D eigenvalue weighted by Gasteiger charge is -2.26. The van der Waals surface area contributed by atoms with Crippen LogP contribution in [-0.4, -0.2) is 30.1 Å². The Kier molecular flexibility index (Phi) is 5.05. The summed E-state index contributed by atoms with van der Waals surface area (Å²) >= 11 is 0. The number of carbonyl (C=O) groups is 1. The minimum Gasteiger partial charge on any atom is -0.486 e. The van der Waals surface area contributed by atoms with Crippen molar-refractivity contribution in [2.45, 2.75) is 18.9 Å². The molecule has 1 N–H and O–H groups in total. The van der Waals surface area contributed by atoms with Crippen molar-refractivity contribution in [3.8, 4) is 22.8 Å². The number of nitrogens with zero attached hydrogens (tertiary/aromatic N) is 1. The summed E-state index contributed by atoms with van der Waals surface area (Å²) in [5, 5.41) is 2.88. The van der Waals surface area contributed by atoms with Gasteiger partial charge in [0.1, 0.15) is 12.7 Å². The molecule has 2 heterocycles. The van der Waals surface area contributed by atoms with Gasteiger partial charge in [-0.05, 0) is 12.1 Å². The number of aromatic nitrogens is 1. The zero-order valence-corrected chi connectivity index (χ0v) is 14.8.